The first-order valence-corrected chi connectivity index (χ1v) is 17.9. The van der Waals surface area contributed by atoms with Gasteiger partial charge in [0.1, 0.15) is 17.5 Å². The van der Waals surface area contributed by atoms with E-state index in [9.17, 15) is 26.7 Å². The summed E-state index contributed by atoms with van der Waals surface area (Å²) in [5, 5.41) is 17.1. The summed E-state index contributed by atoms with van der Waals surface area (Å²) in [7, 11) is -4.11. The number of halogens is 5. The van der Waals surface area contributed by atoms with Gasteiger partial charge in [-0.1, -0.05) is 46.2 Å². The number of thiazole rings is 1. The average Bonchev–Trinajstić information content (AvgIpc) is 3.73. The van der Waals surface area contributed by atoms with Crippen LogP contribution in [0.3, 0.4) is 0 Å². The maximum Gasteiger partial charge on any atom is 0.333 e. The molecule has 0 aliphatic carbocycles. The number of nitrogens with one attached hydrogen (secondary N) is 2. The Balaban J connectivity index is 1.53. The molecule has 0 amide bonds. The molecule has 2 aromatic heterocycles. The zero-order valence-electron chi connectivity index (χ0n) is 23.7. The Bertz CT molecular complexity index is 1760. The second-order valence-electron chi connectivity index (χ2n) is 10.6. The third-order valence-corrected chi connectivity index (χ3v) is 10.3. The highest BCUT2D eigenvalue weighted by molar-refractivity contribution is 14.1. The number of rotatable bonds is 12. The fourth-order valence-corrected chi connectivity index (χ4v) is 8.57. The van der Waals surface area contributed by atoms with Crippen molar-refractivity contribution in [3.63, 3.8) is 0 Å². The summed E-state index contributed by atoms with van der Waals surface area (Å²) >= 11 is 9.89. The highest BCUT2D eigenvalue weighted by atomic mass is 127. The fourth-order valence-electron chi connectivity index (χ4n) is 5.49. The third kappa shape index (κ3) is 7.56. The van der Waals surface area contributed by atoms with Crippen LogP contribution in [0.2, 0.25) is 5.02 Å². The summed E-state index contributed by atoms with van der Waals surface area (Å²) in [6.07, 6.45) is 8.69. The summed E-state index contributed by atoms with van der Waals surface area (Å²) in [6.45, 7) is -1.15. The Morgan fingerprint density at radius 2 is 2.13 bits per heavy atom. The number of aromatic nitrogens is 3. The van der Waals surface area contributed by atoms with Crippen LogP contribution in [0.5, 0.6) is 0 Å². The molecule has 0 saturated carbocycles. The van der Waals surface area contributed by atoms with Crippen molar-refractivity contribution in [3.8, 4) is 12.3 Å². The van der Waals surface area contributed by atoms with Gasteiger partial charge in [-0.2, -0.15) is 31.7 Å². The topological polar surface area (TPSA) is 125 Å². The van der Waals surface area contributed by atoms with Gasteiger partial charge in [-0.15, -0.1) is 17.8 Å². The standard InChI is InChI=1S/C28H28ClF3IN7O3S2/c1-3-28(41,7-8-33)14-16(2)37-45(42,43)38-18-13-22-23(21-6-10-40(36-21)27(31)32)24(19-5-4-17(30)12-20(19)29)35-25(39(22)15-18)26-34-9-11-44-26/h1,4-6,9-12,16,18,24,27,37-38,41H,7-8,13-15H2,2H3/t16?,18-,24-,28?/m0/s1. The number of benzene rings is 1. The summed E-state index contributed by atoms with van der Waals surface area (Å²) < 4.78 is 74.0. The van der Waals surface area contributed by atoms with Crippen molar-refractivity contribution in [1.82, 2.24) is 29.1 Å². The normalized spacial score (nSPS) is 20.6. The first-order chi connectivity index (χ1) is 21.3. The minimum atomic E-state index is -4.11. The summed E-state index contributed by atoms with van der Waals surface area (Å²) in [5.74, 6) is 2.21. The highest BCUT2D eigenvalue weighted by Gasteiger charge is 2.42. The molecule has 45 heavy (non-hydrogen) atoms. The second kappa shape index (κ2) is 13.7. The molecule has 4 heterocycles. The molecular formula is C28H28ClF3IN7O3S2. The van der Waals surface area contributed by atoms with E-state index in [0.29, 0.717) is 43.2 Å². The quantitative estimate of drug-likeness (QED) is 0.136. The number of alkyl halides is 3. The summed E-state index contributed by atoms with van der Waals surface area (Å²) in [6, 6.07) is 2.99. The van der Waals surface area contributed by atoms with E-state index in [1.54, 1.807) is 23.4 Å². The summed E-state index contributed by atoms with van der Waals surface area (Å²) in [4.78, 5) is 11.1. The molecule has 17 heteroatoms. The lowest BCUT2D eigenvalue weighted by Gasteiger charge is -2.32. The number of hydrogen-bond acceptors (Lipinski definition) is 8. The summed E-state index contributed by atoms with van der Waals surface area (Å²) in [5.41, 5.74) is 0.122. The molecule has 5 rings (SSSR count). The smallest absolute Gasteiger partial charge is 0.333 e. The fraction of sp³-hybridized carbons (Fsp3) is 0.393. The van der Waals surface area contributed by atoms with Crippen molar-refractivity contribution in [2.24, 2.45) is 4.99 Å². The van der Waals surface area contributed by atoms with E-state index < -0.39 is 46.3 Å². The number of aliphatic imine (C=N–C) groups is 1. The van der Waals surface area contributed by atoms with Crippen LogP contribution < -0.4 is 9.44 Å². The molecule has 0 radical (unpaired) electrons. The van der Waals surface area contributed by atoms with Crippen LogP contribution in [0.1, 0.15) is 55.0 Å². The monoisotopic (exact) mass is 793 g/mol. The van der Waals surface area contributed by atoms with Crippen LogP contribution in [-0.4, -0.2) is 67.7 Å². The minimum Gasteiger partial charge on any atom is -0.378 e. The van der Waals surface area contributed by atoms with Gasteiger partial charge in [-0.3, -0.25) is 4.99 Å². The molecule has 3 N–H and O–H groups in total. The number of amidine groups is 1. The first kappa shape index (κ1) is 33.8. The lowest BCUT2D eigenvalue weighted by atomic mass is 9.92. The average molecular weight is 794 g/mol. The zero-order valence-corrected chi connectivity index (χ0v) is 28.2. The molecule has 0 bridgehead atoms. The molecule has 1 saturated heterocycles. The van der Waals surface area contributed by atoms with E-state index in [0.717, 1.165) is 12.3 Å². The molecule has 240 valence electrons. The van der Waals surface area contributed by atoms with Crippen molar-refractivity contribution >= 4 is 67.1 Å². The molecule has 2 unspecified atom stereocenters. The van der Waals surface area contributed by atoms with Crippen LogP contribution in [-0.2, 0) is 10.2 Å². The van der Waals surface area contributed by atoms with E-state index in [2.05, 4.69) is 48.0 Å². The Morgan fingerprint density at radius 3 is 2.76 bits per heavy atom. The van der Waals surface area contributed by atoms with E-state index in [1.807, 2.05) is 0 Å². The predicted molar refractivity (Wildman–Crippen MR) is 175 cm³/mol. The molecule has 1 fully saturated rings. The number of hydrogen-bond donors (Lipinski definition) is 3. The van der Waals surface area contributed by atoms with Gasteiger partial charge in [0.05, 0.1) is 5.69 Å². The zero-order chi connectivity index (χ0) is 32.5. The van der Waals surface area contributed by atoms with Crippen molar-refractivity contribution in [2.75, 3.05) is 11.0 Å². The van der Waals surface area contributed by atoms with Gasteiger partial charge in [0.15, 0.2) is 10.8 Å². The van der Waals surface area contributed by atoms with Crippen LogP contribution in [0.25, 0.3) is 5.57 Å². The maximum atomic E-state index is 14.0. The van der Waals surface area contributed by atoms with Gasteiger partial charge >= 0.3 is 6.55 Å². The lowest BCUT2D eigenvalue weighted by molar-refractivity contribution is 0.0564. The van der Waals surface area contributed by atoms with E-state index in [1.165, 1.54) is 29.5 Å². The highest BCUT2D eigenvalue weighted by Crippen LogP contribution is 2.46. The van der Waals surface area contributed by atoms with E-state index >= 15 is 0 Å². The molecule has 10 nitrogen and oxygen atoms in total. The van der Waals surface area contributed by atoms with Crippen molar-refractivity contribution in [2.45, 2.75) is 56.5 Å². The molecular weight excluding hydrogens is 766 g/mol. The molecule has 2 aliphatic heterocycles. The van der Waals surface area contributed by atoms with Crippen LogP contribution in [0.15, 0.2) is 52.7 Å². The van der Waals surface area contributed by atoms with Crippen molar-refractivity contribution < 1.29 is 26.7 Å². The van der Waals surface area contributed by atoms with Crippen molar-refractivity contribution in [1.29, 1.82) is 0 Å². The third-order valence-electron chi connectivity index (χ3n) is 7.32. The molecule has 3 aromatic rings. The minimum absolute atomic E-state index is 0.00720. The number of nitrogens with zero attached hydrogens (tertiary/aromatic N) is 5. The Hall–Kier alpha value is -2.53. The van der Waals surface area contributed by atoms with Gasteiger partial charge in [0.25, 0.3) is 10.2 Å². The van der Waals surface area contributed by atoms with Gasteiger partial charge in [-0.05, 0) is 31.5 Å². The number of aliphatic hydroxyl groups is 1. The number of fused-ring (bicyclic) bond motifs is 1. The van der Waals surface area contributed by atoms with Gasteiger partial charge in [0.2, 0.25) is 0 Å². The van der Waals surface area contributed by atoms with E-state index in [4.69, 9.17) is 23.0 Å². The van der Waals surface area contributed by atoms with Crippen LogP contribution in [0.4, 0.5) is 13.2 Å². The first-order valence-electron chi connectivity index (χ1n) is 13.7. The Morgan fingerprint density at radius 1 is 1.36 bits per heavy atom. The second-order valence-corrected chi connectivity index (χ2v) is 14.5. The number of terminal acetylenes is 1. The molecule has 4 atom stereocenters. The van der Waals surface area contributed by atoms with E-state index in [-0.39, 0.29) is 30.1 Å². The molecule has 2 aliphatic rings. The van der Waals surface area contributed by atoms with Gasteiger partial charge in [-0.25, -0.2) is 14.1 Å². The lowest BCUT2D eigenvalue weighted by Crippen LogP contribution is -2.49. The van der Waals surface area contributed by atoms with Crippen LogP contribution >= 0.6 is 45.5 Å². The predicted octanol–water partition coefficient (Wildman–Crippen LogP) is 4.91. The maximum absolute atomic E-state index is 14.0. The Labute approximate surface area is 281 Å². The van der Waals surface area contributed by atoms with Gasteiger partial charge < -0.3 is 10.0 Å². The molecule has 1 aromatic carbocycles. The van der Waals surface area contributed by atoms with Crippen LogP contribution in [0, 0.1) is 18.2 Å². The molecule has 0 spiro atoms. The SMILES string of the molecule is C#CC(O)(CCI)CC(C)NS(=O)(=O)N[C@H]1CC2=C(c3ccn(C(F)F)n3)[C@H](c3ccc(F)cc3Cl)N=C(c3nccs3)N2C1. The largest absolute Gasteiger partial charge is 0.378 e. The van der Waals surface area contributed by atoms with Gasteiger partial charge in [0, 0.05) is 75.5 Å². The van der Waals surface area contributed by atoms with Crippen molar-refractivity contribution in [3.05, 3.63) is 74.8 Å². The Kier molecular flexibility index (Phi) is 10.3.